The van der Waals surface area contributed by atoms with Crippen molar-refractivity contribution in [3.8, 4) is 33.9 Å². The molecule has 0 spiro atoms. The fourth-order valence-electron chi connectivity index (χ4n) is 3.74. The van der Waals surface area contributed by atoms with Gasteiger partial charge in [-0.1, -0.05) is 17.7 Å². The molecule has 0 amide bonds. The summed E-state index contributed by atoms with van der Waals surface area (Å²) in [5, 5.41) is 14.1. The van der Waals surface area contributed by atoms with E-state index in [4.69, 9.17) is 21.1 Å². The number of halogens is 7. The zero-order valence-electron chi connectivity index (χ0n) is 20.0. The lowest BCUT2D eigenvalue weighted by molar-refractivity contribution is -0.141. The Labute approximate surface area is 214 Å². The molecule has 1 aromatic heterocycles. The molecule has 1 heterocycles. The number of benzene rings is 2. The van der Waals surface area contributed by atoms with E-state index >= 15 is 0 Å². The van der Waals surface area contributed by atoms with E-state index in [0.29, 0.717) is 19.6 Å². The molecular weight excluding hydrogens is 526 g/mol. The number of aryl methyl sites for hydroxylation is 1. The number of aromatic hydroxyl groups is 1. The largest absolute Gasteiger partial charge is 0.506 e. The SMILES string of the molecule is CCOCCCCCOc1ccc(-c2cc(C(F)(F)F)nn2C)c(O)c1-c1ccc(Cl)c(C(F)(F)F)c1. The normalized spacial score (nSPS) is 12.2. The van der Waals surface area contributed by atoms with Crippen LogP contribution < -0.4 is 4.74 Å². The van der Waals surface area contributed by atoms with Gasteiger partial charge in [-0.05, 0) is 62.1 Å². The van der Waals surface area contributed by atoms with Crippen molar-refractivity contribution in [1.82, 2.24) is 9.78 Å². The maximum Gasteiger partial charge on any atom is 0.435 e. The standard InChI is InChI=1S/C25H25ClF6N2O3/c1-3-36-11-5-4-6-12-37-20-10-8-16(19-14-21(25(30,31)32)33-34(19)2)23(35)22(20)15-7-9-18(26)17(13-15)24(27,28)29/h7-10,13-14,35H,3-6,11-12H2,1-2H3. The summed E-state index contributed by atoms with van der Waals surface area (Å²) >= 11 is 5.75. The predicted molar refractivity (Wildman–Crippen MR) is 127 cm³/mol. The average molecular weight is 551 g/mol. The molecule has 1 N–H and O–H groups in total. The number of alkyl halides is 6. The zero-order chi connectivity index (χ0) is 27.4. The van der Waals surface area contributed by atoms with E-state index in [-0.39, 0.29) is 34.7 Å². The van der Waals surface area contributed by atoms with Crippen molar-refractivity contribution in [3.05, 3.63) is 52.7 Å². The van der Waals surface area contributed by atoms with Gasteiger partial charge < -0.3 is 14.6 Å². The smallest absolute Gasteiger partial charge is 0.435 e. The van der Waals surface area contributed by atoms with E-state index in [1.54, 1.807) is 0 Å². The molecule has 2 aromatic carbocycles. The molecule has 3 aromatic rings. The third-order valence-electron chi connectivity index (χ3n) is 5.54. The van der Waals surface area contributed by atoms with E-state index in [1.165, 1.54) is 25.2 Å². The molecule has 202 valence electrons. The lowest BCUT2D eigenvalue weighted by Gasteiger charge is -2.18. The highest BCUT2D eigenvalue weighted by Crippen LogP contribution is 2.47. The minimum Gasteiger partial charge on any atom is -0.506 e. The fraction of sp³-hybridized carbons (Fsp3) is 0.400. The van der Waals surface area contributed by atoms with Crippen LogP contribution in [0.4, 0.5) is 26.3 Å². The molecule has 0 saturated heterocycles. The second kappa shape index (κ2) is 11.6. The van der Waals surface area contributed by atoms with Crippen LogP contribution in [0.3, 0.4) is 0 Å². The van der Waals surface area contributed by atoms with E-state index in [2.05, 4.69) is 5.10 Å². The maximum atomic E-state index is 13.5. The maximum absolute atomic E-state index is 13.5. The zero-order valence-corrected chi connectivity index (χ0v) is 20.8. The van der Waals surface area contributed by atoms with Gasteiger partial charge in [-0.25, -0.2) is 0 Å². The average Bonchev–Trinajstić information content (AvgIpc) is 3.20. The molecular formula is C25H25ClF6N2O3. The Morgan fingerprint density at radius 2 is 1.65 bits per heavy atom. The molecule has 0 aliphatic carbocycles. The second-order valence-electron chi connectivity index (χ2n) is 8.17. The Balaban J connectivity index is 2.05. The molecule has 12 heteroatoms. The summed E-state index contributed by atoms with van der Waals surface area (Å²) in [6, 6.07) is 6.56. The van der Waals surface area contributed by atoms with Crippen molar-refractivity contribution in [2.45, 2.75) is 38.5 Å². The van der Waals surface area contributed by atoms with Crippen LogP contribution in [0.5, 0.6) is 11.5 Å². The first-order valence-electron chi connectivity index (χ1n) is 11.4. The van der Waals surface area contributed by atoms with Crippen molar-refractivity contribution in [3.63, 3.8) is 0 Å². The molecule has 37 heavy (non-hydrogen) atoms. The van der Waals surface area contributed by atoms with Gasteiger partial charge in [0.2, 0.25) is 0 Å². The van der Waals surface area contributed by atoms with E-state index < -0.39 is 34.4 Å². The van der Waals surface area contributed by atoms with Gasteiger partial charge in [0, 0.05) is 25.8 Å². The predicted octanol–water partition coefficient (Wildman–Crippen LogP) is 7.74. The number of ether oxygens (including phenoxy) is 2. The van der Waals surface area contributed by atoms with Gasteiger partial charge in [-0.2, -0.15) is 31.4 Å². The topological polar surface area (TPSA) is 56.5 Å². The van der Waals surface area contributed by atoms with Crippen LogP contribution in [0, 0.1) is 0 Å². The van der Waals surface area contributed by atoms with Gasteiger partial charge in [0.1, 0.15) is 11.5 Å². The first-order chi connectivity index (χ1) is 17.3. The number of hydrogen-bond acceptors (Lipinski definition) is 4. The van der Waals surface area contributed by atoms with Gasteiger partial charge in [0.05, 0.1) is 28.5 Å². The third-order valence-corrected chi connectivity index (χ3v) is 5.87. The Hall–Kier alpha value is -2.92. The molecule has 0 aliphatic rings. The molecule has 0 atom stereocenters. The molecule has 3 rings (SSSR count). The summed E-state index contributed by atoms with van der Waals surface area (Å²) < 4.78 is 92.1. The number of aromatic nitrogens is 2. The molecule has 0 radical (unpaired) electrons. The first-order valence-corrected chi connectivity index (χ1v) is 11.8. The van der Waals surface area contributed by atoms with Gasteiger partial charge in [-0.3, -0.25) is 4.68 Å². The van der Waals surface area contributed by atoms with E-state index in [0.717, 1.165) is 35.7 Å². The highest BCUT2D eigenvalue weighted by molar-refractivity contribution is 6.31. The van der Waals surface area contributed by atoms with Crippen molar-refractivity contribution in [1.29, 1.82) is 0 Å². The number of hydrogen-bond donors (Lipinski definition) is 1. The Kier molecular flexibility index (Phi) is 9.01. The van der Waals surface area contributed by atoms with E-state index in [9.17, 15) is 31.4 Å². The minimum absolute atomic E-state index is 0.0620. The summed E-state index contributed by atoms with van der Waals surface area (Å²) in [5.74, 6) is -0.485. The molecule has 0 unspecified atom stereocenters. The van der Waals surface area contributed by atoms with Crippen LogP contribution >= 0.6 is 11.6 Å². The lowest BCUT2D eigenvalue weighted by atomic mass is 9.97. The summed E-state index contributed by atoms with van der Waals surface area (Å²) in [4.78, 5) is 0. The van der Waals surface area contributed by atoms with Crippen LogP contribution in [0.25, 0.3) is 22.4 Å². The molecule has 0 fully saturated rings. The number of phenolic OH excluding ortho intramolecular Hbond substituents is 1. The number of nitrogens with zero attached hydrogens (tertiary/aromatic N) is 2. The number of unbranched alkanes of at least 4 members (excludes halogenated alkanes) is 2. The van der Waals surface area contributed by atoms with Crippen LogP contribution in [0.1, 0.15) is 37.4 Å². The lowest BCUT2D eigenvalue weighted by Crippen LogP contribution is -2.06. The van der Waals surface area contributed by atoms with Crippen LogP contribution in [0.15, 0.2) is 36.4 Å². The monoisotopic (exact) mass is 550 g/mol. The van der Waals surface area contributed by atoms with Crippen molar-refractivity contribution in [2.24, 2.45) is 7.05 Å². The Morgan fingerprint density at radius 3 is 2.27 bits per heavy atom. The van der Waals surface area contributed by atoms with Crippen molar-refractivity contribution >= 4 is 11.6 Å². The summed E-state index contributed by atoms with van der Waals surface area (Å²) in [6.45, 7) is 3.28. The Morgan fingerprint density at radius 1 is 0.946 bits per heavy atom. The minimum atomic E-state index is -4.77. The van der Waals surface area contributed by atoms with Gasteiger partial charge in [-0.15, -0.1) is 0 Å². The fourth-order valence-corrected chi connectivity index (χ4v) is 3.97. The second-order valence-corrected chi connectivity index (χ2v) is 8.58. The molecule has 0 saturated carbocycles. The number of phenols is 1. The van der Waals surface area contributed by atoms with Gasteiger partial charge >= 0.3 is 12.4 Å². The summed E-state index contributed by atoms with van der Waals surface area (Å²) in [7, 11) is 1.26. The van der Waals surface area contributed by atoms with Crippen LogP contribution in [0.2, 0.25) is 5.02 Å². The molecule has 0 aliphatic heterocycles. The van der Waals surface area contributed by atoms with Crippen LogP contribution in [-0.4, -0.2) is 34.7 Å². The Bertz CT molecular complexity index is 1220. The summed E-state index contributed by atoms with van der Waals surface area (Å²) in [6.07, 6.45) is -7.32. The van der Waals surface area contributed by atoms with Gasteiger partial charge in [0.15, 0.2) is 5.69 Å². The third kappa shape index (κ3) is 6.89. The van der Waals surface area contributed by atoms with Crippen molar-refractivity contribution in [2.75, 3.05) is 19.8 Å². The molecule has 0 bridgehead atoms. The first kappa shape index (κ1) is 28.6. The van der Waals surface area contributed by atoms with Crippen LogP contribution in [-0.2, 0) is 24.1 Å². The van der Waals surface area contributed by atoms with Crippen molar-refractivity contribution < 1.29 is 40.9 Å². The molecule has 5 nitrogen and oxygen atoms in total. The highest BCUT2D eigenvalue weighted by atomic mass is 35.5. The highest BCUT2D eigenvalue weighted by Gasteiger charge is 2.36. The van der Waals surface area contributed by atoms with E-state index in [1.807, 2.05) is 6.92 Å². The quantitative estimate of drug-likeness (QED) is 0.207. The number of rotatable bonds is 10. The van der Waals surface area contributed by atoms with Gasteiger partial charge in [0.25, 0.3) is 0 Å². The summed E-state index contributed by atoms with van der Waals surface area (Å²) in [5.41, 5.74) is -2.63.